The Labute approximate surface area is 240 Å². The number of anilines is 1. The molecule has 1 aliphatic rings. The molecule has 4 aromatic rings. The number of nitrogens with zero attached hydrogens (tertiary/aromatic N) is 2. The van der Waals surface area contributed by atoms with Crippen molar-refractivity contribution in [3.8, 4) is 11.5 Å². The molecule has 0 radical (unpaired) electrons. The molecule has 1 fully saturated rings. The third-order valence-electron chi connectivity index (χ3n) is 5.66. The lowest BCUT2D eigenvalue weighted by molar-refractivity contribution is -0.113. The summed E-state index contributed by atoms with van der Waals surface area (Å²) in [5.74, 6) is 1.23. The predicted molar refractivity (Wildman–Crippen MR) is 164 cm³/mol. The minimum absolute atomic E-state index is 0.117. The van der Waals surface area contributed by atoms with E-state index < -0.39 is 0 Å². The second-order valence-corrected chi connectivity index (χ2v) is 10.5. The number of ether oxygens (including phenoxy) is 2. The molecule has 0 aliphatic carbocycles. The van der Waals surface area contributed by atoms with E-state index in [0.717, 1.165) is 26.1 Å². The fourth-order valence-corrected chi connectivity index (χ4v) is 5.70. The lowest BCUT2D eigenvalue weighted by Crippen LogP contribution is -2.28. The maximum atomic E-state index is 13.6. The minimum atomic E-state index is -0.117. The van der Waals surface area contributed by atoms with E-state index in [1.807, 2.05) is 116 Å². The monoisotopic (exact) mass is 632 g/mol. The smallest absolute Gasteiger partial charge is 0.271 e. The van der Waals surface area contributed by atoms with Crippen LogP contribution >= 0.6 is 34.4 Å². The number of carbonyl (C=O) groups excluding carboxylic acids is 1. The fraction of sp³-hybridized carbons (Fsp3) is 0.0968. The van der Waals surface area contributed by atoms with Crippen LogP contribution in [0.25, 0.3) is 6.08 Å². The van der Waals surface area contributed by atoms with Crippen molar-refractivity contribution in [1.29, 1.82) is 0 Å². The van der Waals surface area contributed by atoms with Gasteiger partial charge in [0, 0.05) is 0 Å². The van der Waals surface area contributed by atoms with Gasteiger partial charge in [-0.05, 0) is 94.9 Å². The van der Waals surface area contributed by atoms with Gasteiger partial charge in [0.05, 0.1) is 26.5 Å². The van der Waals surface area contributed by atoms with Crippen molar-refractivity contribution in [2.45, 2.75) is 13.5 Å². The van der Waals surface area contributed by atoms with Crippen LogP contribution in [0.5, 0.6) is 11.5 Å². The summed E-state index contributed by atoms with van der Waals surface area (Å²) in [6, 6.07) is 33.2. The van der Waals surface area contributed by atoms with Crippen LogP contribution in [0.1, 0.15) is 18.1 Å². The maximum absolute atomic E-state index is 13.6. The van der Waals surface area contributed by atoms with Crippen molar-refractivity contribution in [3.63, 3.8) is 0 Å². The van der Waals surface area contributed by atoms with Crippen molar-refractivity contribution in [2.75, 3.05) is 11.5 Å². The summed E-state index contributed by atoms with van der Waals surface area (Å²) in [5, 5.41) is 0.612. The van der Waals surface area contributed by atoms with E-state index in [1.165, 1.54) is 11.8 Å². The van der Waals surface area contributed by atoms with Gasteiger partial charge in [0.15, 0.2) is 16.7 Å². The molecule has 38 heavy (non-hydrogen) atoms. The Morgan fingerprint density at radius 1 is 0.895 bits per heavy atom. The van der Waals surface area contributed by atoms with Gasteiger partial charge in [-0.1, -0.05) is 66.7 Å². The Morgan fingerprint density at radius 3 is 2.24 bits per heavy atom. The van der Waals surface area contributed by atoms with E-state index in [0.29, 0.717) is 34.8 Å². The first kappa shape index (κ1) is 26.1. The second kappa shape index (κ2) is 12.3. The fourth-order valence-electron chi connectivity index (χ4n) is 3.92. The Bertz CT molecular complexity index is 1480. The van der Waals surface area contributed by atoms with Crippen molar-refractivity contribution in [1.82, 2.24) is 0 Å². The molecule has 1 heterocycles. The summed E-state index contributed by atoms with van der Waals surface area (Å²) in [7, 11) is 0. The maximum Gasteiger partial charge on any atom is 0.271 e. The molecule has 190 valence electrons. The minimum Gasteiger partial charge on any atom is -0.490 e. The van der Waals surface area contributed by atoms with Gasteiger partial charge in [0.1, 0.15) is 6.61 Å². The summed E-state index contributed by atoms with van der Waals surface area (Å²) in [4.78, 5) is 20.7. The summed E-state index contributed by atoms with van der Waals surface area (Å²) >= 11 is 3.62. The highest BCUT2D eigenvalue weighted by Crippen LogP contribution is 2.40. The van der Waals surface area contributed by atoms with E-state index in [2.05, 4.69) is 22.6 Å². The third-order valence-corrected chi connectivity index (χ3v) is 7.43. The first-order valence-corrected chi connectivity index (χ1v) is 14.1. The normalized spacial score (nSPS) is 15.3. The SMILES string of the molecule is CCOc1cc(/C=C2\SC(=Nc3ccccc3)N(c3ccccc3)C2=O)cc(I)c1OCc1ccccc1. The van der Waals surface area contributed by atoms with E-state index in [9.17, 15) is 4.79 Å². The Morgan fingerprint density at radius 2 is 1.55 bits per heavy atom. The van der Waals surface area contributed by atoms with Crippen molar-refractivity contribution in [3.05, 3.63) is 123 Å². The Balaban J connectivity index is 1.48. The van der Waals surface area contributed by atoms with Crippen LogP contribution in [-0.2, 0) is 11.4 Å². The average molecular weight is 633 g/mol. The van der Waals surface area contributed by atoms with Gasteiger partial charge in [-0.3, -0.25) is 9.69 Å². The lowest BCUT2D eigenvalue weighted by atomic mass is 10.1. The number of thioether (sulfide) groups is 1. The van der Waals surface area contributed by atoms with Crippen molar-refractivity contribution >= 4 is 62.9 Å². The van der Waals surface area contributed by atoms with Gasteiger partial charge in [-0.2, -0.15) is 0 Å². The molecule has 5 nitrogen and oxygen atoms in total. The van der Waals surface area contributed by atoms with Gasteiger partial charge in [0.2, 0.25) is 0 Å². The highest BCUT2D eigenvalue weighted by molar-refractivity contribution is 14.1. The van der Waals surface area contributed by atoms with E-state index in [1.54, 1.807) is 4.90 Å². The number of halogens is 1. The highest BCUT2D eigenvalue weighted by Gasteiger charge is 2.34. The molecule has 0 unspecified atom stereocenters. The van der Waals surface area contributed by atoms with Crippen LogP contribution in [0.3, 0.4) is 0 Å². The van der Waals surface area contributed by atoms with E-state index >= 15 is 0 Å². The quantitative estimate of drug-likeness (QED) is 0.146. The number of carbonyl (C=O) groups is 1. The number of aliphatic imine (C=N–C) groups is 1. The van der Waals surface area contributed by atoms with Gasteiger partial charge in [-0.15, -0.1) is 0 Å². The number of para-hydroxylation sites is 2. The predicted octanol–water partition coefficient (Wildman–Crippen LogP) is 8.08. The van der Waals surface area contributed by atoms with Crippen LogP contribution in [0, 0.1) is 3.57 Å². The summed E-state index contributed by atoms with van der Waals surface area (Å²) in [6.45, 7) is 2.89. The Hall–Kier alpha value is -3.56. The molecule has 1 saturated heterocycles. The summed E-state index contributed by atoms with van der Waals surface area (Å²) in [6.07, 6.45) is 1.89. The molecule has 4 aromatic carbocycles. The topological polar surface area (TPSA) is 51.1 Å². The van der Waals surface area contributed by atoms with Crippen LogP contribution < -0.4 is 14.4 Å². The third kappa shape index (κ3) is 6.11. The van der Waals surface area contributed by atoms with Crippen LogP contribution in [-0.4, -0.2) is 17.7 Å². The highest BCUT2D eigenvalue weighted by atomic mass is 127. The van der Waals surface area contributed by atoms with E-state index in [-0.39, 0.29) is 5.91 Å². The lowest BCUT2D eigenvalue weighted by Gasteiger charge is -2.15. The van der Waals surface area contributed by atoms with Gasteiger partial charge >= 0.3 is 0 Å². The molecular formula is C31H25IN2O3S. The second-order valence-electron chi connectivity index (χ2n) is 8.35. The number of amidine groups is 1. The number of rotatable bonds is 8. The van der Waals surface area contributed by atoms with E-state index in [4.69, 9.17) is 14.5 Å². The zero-order valence-corrected chi connectivity index (χ0v) is 23.7. The van der Waals surface area contributed by atoms with Gasteiger partial charge < -0.3 is 9.47 Å². The van der Waals surface area contributed by atoms with Crippen LogP contribution in [0.4, 0.5) is 11.4 Å². The zero-order valence-electron chi connectivity index (χ0n) is 20.7. The molecule has 0 saturated carbocycles. The van der Waals surface area contributed by atoms with Gasteiger partial charge in [0.25, 0.3) is 5.91 Å². The number of amides is 1. The average Bonchev–Trinajstić information content (AvgIpc) is 3.24. The molecule has 0 N–H and O–H groups in total. The van der Waals surface area contributed by atoms with Crippen molar-refractivity contribution < 1.29 is 14.3 Å². The largest absolute Gasteiger partial charge is 0.490 e. The number of hydrogen-bond donors (Lipinski definition) is 0. The molecular weight excluding hydrogens is 607 g/mol. The van der Waals surface area contributed by atoms with Gasteiger partial charge in [-0.25, -0.2) is 4.99 Å². The molecule has 1 amide bonds. The van der Waals surface area contributed by atoms with Crippen LogP contribution in [0.15, 0.2) is 113 Å². The summed E-state index contributed by atoms with van der Waals surface area (Å²) < 4.78 is 13.0. The molecule has 0 atom stereocenters. The molecule has 5 rings (SSSR count). The molecule has 0 aromatic heterocycles. The zero-order chi connectivity index (χ0) is 26.3. The molecule has 1 aliphatic heterocycles. The molecule has 0 bridgehead atoms. The van der Waals surface area contributed by atoms with Crippen LogP contribution in [0.2, 0.25) is 0 Å². The Kier molecular flexibility index (Phi) is 8.45. The summed E-state index contributed by atoms with van der Waals surface area (Å²) in [5.41, 5.74) is 3.50. The molecule has 0 spiro atoms. The first-order chi connectivity index (χ1) is 18.6. The molecule has 7 heteroatoms. The van der Waals surface area contributed by atoms with Crippen molar-refractivity contribution in [2.24, 2.45) is 4.99 Å². The standard InChI is InChI=1S/C31H25IN2O3S/c1-2-36-27-19-23(18-26(32)29(27)37-21-22-12-6-3-7-13-22)20-28-30(35)34(25-16-10-5-11-17-25)31(38-28)33-24-14-8-4-9-15-24/h3-20H,2,21H2,1H3/b28-20-,33-31?. The number of benzene rings is 4. The number of hydrogen-bond acceptors (Lipinski definition) is 5. The first-order valence-electron chi connectivity index (χ1n) is 12.2.